The van der Waals surface area contributed by atoms with Gasteiger partial charge in [-0.2, -0.15) is 0 Å². The second-order valence-corrected chi connectivity index (χ2v) is 6.10. The predicted octanol–water partition coefficient (Wildman–Crippen LogP) is 2.02. The Hall–Kier alpha value is -1.33. The smallest absolute Gasteiger partial charge is 0.188 e. The van der Waals surface area contributed by atoms with E-state index >= 15 is 0 Å². The zero-order valence-electron chi connectivity index (χ0n) is 11.5. The molecule has 0 fully saturated rings. The third kappa shape index (κ3) is 3.36. The van der Waals surface area contributed by atoms with Gasteiger partial charge in [0.1, 0.15) is 5.60 Å². The number of rotatable bonds is 4. The molecule has 3 N–H and O–H groups in total. The number of aliphatic imine (C=N–C) groups is 1. The van der Waals surface area contributed by atoms with Crippen LogP contribution in [-0.4, -0.2) is 25.7 Å². The highest BCUT2D eigenvalue weighted by Crippen LogP contribution is 2.36. The van der Waals surface area contributed by atoms with Gasteiger partial charge in [-0.15, -0.1) is 11.3 Å². The van der Waals surface area contributed by atoms with Crippen molar-refractivity contribution in [2.24, 2.45) is 10.7 Å². The van der Waals surface area contributed by atoms with Gasteiger partial charge in [-0.05, 0) is 30.9 Å². The van der Waals surface area contributed by atoms with Gasteiger partial charge < -0.3 is 15.8 Å². The number of nitrogens with two attached hydrogens (primary N) is 1. The molecule has 1 atom stereocenters. The van der Waals surface area contributed by atoms with E-state index in [2.05, 4.69) is 35.3 Å². The number of thiophene rings is 1. The van der Waals surface area contributed by atoms with E-state index in [4.69, 9.17) is 10.5 Å². The predicted molar refractivity (Wildman–Crippen MR) is 80.6 cm³/mol. The minimum atomic E-state index is -0.358. The van der Waals surface area contributed by atoms with E-state index in [-0.39, 0.29) is 5.60 Å². The molecule has 0 radical (unpaired) electrons. The molecule has 19 heavy (non-hydrogen) atoms. The van der Waals surface area contributed by atoms with Gasteiger partial charge in [-0.3, -0.25) is 4.99 Å². The molecule has 0 saturated carbocycles. The summed E-state index contributed by atoms with van der Waals surface area (Å²) >= 11 is 1.79. The van der Waals surface area contributed by atoms with Crippen LogP contribution in [0.25, 0.3) is 0 Å². The molecule has 1 unspecified atom stereocenters. The summed E-state index contributed by atoms with van der Waals surface area (Å²) in [6, 6.07) is 2.13. The molecule has 0 amide bonds. The number of guanidine groups is 1. The standard InChI is InChI=1S/C14H21N3OS/c1-10(2)8-16-13(15)17-9-14(3)11-5-7-19-12(11)4-6-18-14/h5,7H,1,4,6,8-9H2,2-3H3,(H3,15,16,17). The largest absolute Gasteiger partial charge is 0.370 e. The molecule has 0 spiro atoms. The van der Waals surface area contributed by atoms with E-state index in [9.17, 15) is 0 Å². The monoisotopic (exact) mass is 279 g/mol. The summed E-state index contributed by atoms with van der Waals surface area (Å²) in [6.45, 7) is 9.77. The first-order valence-electron chi connectivity index (χ1n) is 6.40. The van der Waals surface area contributed by atoms with Crippen LogP contribution < -0.4 is 11.1 Å². The zero-order valence-corrected chi connectivity index (χ0v) is 12.3. The van der Waals surface area contributed by atoms with Crippen molar-refractivity contribution in [1.29, 1.82) is 0 Å². The molecule has 1 aliphatic heterocycles. The lowest BCUT2D eigenvalue weighted by Gasteiger charge is -2.33. The minimum Gasteiger partial charge on any atom is -0.370 e. The molecule has 4 nitrogen and oxygen atoms in total. The first-order valence-corrected chi connectivity index (χ1v) is 7.28. The molecule has 104 valence electrons. The molecule has 0 bridgehead atoms. The third-order valence-corrected chi connectivity index (χ3v) is 4.17. The Balaban J connectivity index is 2.03. The Morgan fingerprint density at radius 2 is 2.47 bits per heavy atom. The molecular formula is C14H21N3OS. The fourth-order valence-electron chi connectivity index (χ4n) is 2.12. The molecule has 0 aliphatic carbocycles. The van der Waals surface area contributed by atoms with Crippen molar-refractivity contribution < 1.29 is 4.74 Å². The van der Waals surface area contributed by atoms with Gasteiger partial charge in [0.2, 0.25) is 0 Å². The Morgan fingerprint density at radius 3 is 3.21 bits per heavy atom. The quantitative estimate of drug-likeness (QED) is 0.503. The summed E-state index contributed by atoms with van der Waals surface area (Å²) in [5.74, 6) is 0.440. The lowest BCUT2D eigenvalue weighted by molar-refractivity contribution is -0.0375. The fourth-order valence-corrected chi connectivity index (χ4v) is 3.10. The first kappa shape index (κ1) is 14.1. The maximum Gasteiger partial charge on any atom is 0.188 e. The van der Waals surface area contributed by atoms with Crippen molar-refractivity contribution >= 4 is 17.3 Å². The van der Waals surface area contributed by atoms with Gasteiger partial charge >= 0.3 is 0 Å². The summed E-state index contributed by atoms with van der Waals surface area (Å²) in [6.07, 6.45) is 0.996. The summed E-state index contributed by atoms with van der Waals surface area (Å²) < 4.78 is 5.92. The lowest BCUT2D eigenvalue weighted by Crippen LogP contribution is -2.38. The van der Waals surface area contributed by atoms with Gasteiger partial charge in [0, 0.05) is 17.8 Å². The molecule has 1 aromatic heterocycles. The number of nitrogens with one attached hydrogen (secondary N) is 1. The molecule has 0 saturated heterocycles. The van der Waals surface area contributed by atoms with Crippen molar-refractivity contribution in [3.63, 3.8) is 0 Å². The van der Waals surface area contributed by atoms with Gasteiger partial charge in [0.25, 0.3) is 0 Å². The average molecular weight is 279 g/mol. The Bertz CT molecular complexity index is 495. The number of hydrogen-bond acceptors (Lipinski definition) is 3. The van der Waals surface area contributed by atoms with Crippen LogP contribution in [0.2, 0.25) is 0 Å². The first-order chi connectivity index (χ1) is 9.01. The van der Waals surface area contributed by atoms with Crippen LogP contribution in [0.3, 0.4) is 0 Å². The maximum absolute atomic E-state index is 5.92. The number of nitrogens with zero attached hydrogens (tertiary/aromatic N) is 1. The van der Waals surface area contributed by atoms with Crippen LogP contribution >= 0.6 is 11.3 Å². The summed E-state index contributed by atoms with van der Waals surface area (Å²) in [7, 11) is 0. The third-order valence-electron chi connectivity index (χ3n) is 3.19. The fraction of sp³-hybridized carbons (Fsp3) is 0.500. The van der Waals surface area contributed by atoms with Gasteiger partial charge in [0.15, 0.2) is 5.96 Å². The van der Waals surface area contributed by atoms with Gasteiger partial charge in [-0.25, -0.2) is 0 Å². The molecule has 0 aromatic carbocycles. The zero-order chi connectivity index (χ0) is 13.9. The van der Waals surface area contributed by atoms with Crippen LogP contribution in [0.15, 0.2) is 28.6 Å². The van der Waals surface area contributed by atoms with Crippen LogP contribution in [0, 0.1) is 0 Å². The normalized spacial score (nSPS) is 22.9. The Kier molecular flexibility index (Phi) is 4.27. The van der Waals surface area contributed by atoms with Crippen molar-refractivity contribution in [2.45, 2.75) is 25.9 Å². The lowest BCUT2D eigenvalue weighted by atomic mass is 9.93. The highest BCUT2D eigenvalue weighted by atomic mass is 32.1. The van der Waals surface area contributed by atoms with E-state index < -0.39 is 0 Å². The molecule has 2 rings (SSSR count). The second kappa shape index (κ2) is 5.75. The van der Waals surface area contributed by atoms with Crippen molar-refractivity contribution in [3.05, 3.63) is 34.0 Å². The van der Waals surface area contributed by atoms with Gasteiger partial charge in [0.05, 0.1) is 13.2 Å². The molecule has 2 heterocycles. The number of fused-ring (bicyclic) bond motifs is 1. The average Bonchev–Trinajstić information content (AvgIpc) is 2.84. The van der Waals surface area contributed by atoms with Gasteiger partial charge in [-0.1, -0.05) is 12.2 Å². The van der Waals surface area contributed by atoms with Crippen molar-refractivity contribution in [3.8, 4) is 0 Å². The summed E-state index contributed by atoms with van der Waals surface area (Å²) in [5.41, 5.74) is 7.76. The highest BCUT2D eigenvalue weighted by Gasteiger charge is 2.33. The van der Waals surface area contributed by atoms with E-state index in [0.29, 0.717) is 19.0 Å². The number of ether oxygens (including phenoxy) is 1. The molecular weight excluding hydrogens is 258 g/mol. The summed E-state index contributed by atoms with van der Waals surface area (Å²) in [4.78, 5) is 5.79. The van der Waals surface area contributed by atoms with Crippen LogP contribution in [-0.2, 0) is 16.8 Å². The Morgan fingerprint density at radius 1 is 1.68 bits per heavy atom. The molecule has 1 aromatic rings. The van der Waals surface area contributed by atoms with E-state index in [1.54, 1.807) is 11.3 Å². The van der Waals surface area contributed by atoms with E-state index in [1.807, 2.05) is 6.92 Å². The van der Waals surface area contributed by atoms with Crippen molar-refractivity contribution in [2.75, 3.05) is 19.7 Å². The minimum absolute atomic E-state index is 0.358. The van der Waals surface area contributed by atoms with Crippen LogP contribution in [0.4, 0.5) is 0 Å². The highest BCUT2D eigenvalue weighted by molar-refractivity contribution is 7.10. The maximum atomic E-state index is 5.92. The van der Waals surface area contributed by atoms with Crippen LogP contribution in [0.1, 0.15) is 24.3 Å². The second-order valence-electron chi connectivity index (χ2n) is 5.10. The van der Waals surface area contributed by atoms with E-state index in [0.717, 1.165) is 18.6 Å². The number of hydrogen-bond donors (Lipinski definition) is 2. The Labute approximate surface area is 118 Å². The molecule has 1 aliphatic rings. The topological polar surface area (TPSA) is 59.6 Å². The van der Waals surface area contributed by atoms with Crippen molar-refractivity contribution in [1.82, 2.24) is 5.32 Å². The van der Waals surface area contributed by atoms with Crippen LogP contribution in [0.5, 0.6) is 0 Å². The summed E-state index contributed by atoms with van der Waals surface area (Å²) in [5, 5.41) is 5.15. The van der Waals surface area contributed by atoms with E-state index in [1.165, 1.54) is 10.4 Å². The molecule has 5 heteroatoms. The SMILES string of the molecule is C=C(C)CNC(N)=NCC1(C)OCCc2sccc21.